The number of rotatable bonds is 9. The molecule has 0 radical (unpaired) electrons. The minimum atomic E-state index is -0.0571. The van der Waals surface area contributed by atoms with Crippen LogP contribution >= 0.6 is 24.0 Å². The number of likely N-dealkylation sites (N-methyl/N-ethyl adjacent to an activating group) is 1. The van der Waals surface area contributed by atoms with Crippen LogP contribution in [0.15, 0.2) is 53.5 Å². The monoisotopic (exact) mass is 523 g/mol. The fourth-order valence-corrected chi connectivity index (χ4v) is 3.11. The van der Waals surface area contributed by atoms with Crippen molar-refractivity contribution in [2.45, 2.75) is 27.2 Å². The first-order chi connectivity index (χ1) is 14.0. The Bertz CT molecular complexity index is 807. The first-order valence-electron chi connectivity index (χ1n) is 10.1. The van der Waals surface area contributed by atoms with Gasteiger partial charge in [0.2, 0.25) is 5.91 Å². The summed E-state index contributed by atoms with van der Waals surface area (Å²) in [6, 6.07) is 16.5. The van der Waals surface area contributed by atoms with Crippen LogP contribution in [0.5, 0.6) is 0 Å². The zero-order chi connectivity index (χ0) is 21.1. The van der Waals surface area contributed by atoms with Gasteiger partial charge in [-0.15, -0.1) is 24.0 Å². The van der Waals surface area contributed by atoms with Gasteiger partial charge in [-0.1, -0.05) is 24.3 Å². The number of benzene rings is 2. The number of hydrogen-bond acceptors (Lipinski definition) is 3. The second-order valence-corrected chi connectivity index (χ2v) is 6.97. The zero-order valence-electron chi connectivity index (χ0n) is 18.4. The molecule has 0 fully saturated rings. The lowest BCUT2D eigenvalue weighted by molar-refractivity contribution is -0.114. The SMILES string of the molecule is CCN(CCNC(=NC)NCCc1ccc(NC(C)=O)cc1)c1cccc(C)c1.I. The molecule has 0 aliphatic carbocycles. The first-order valence-corrected chi connectivity index (χ1v) is 10.1. The summed E-state index contributed by atoms with van der Waals surface area (Å²) in [5.41, 5.74) is 4.55. The van der Waals surface area contributed by atoms with Crippen LogP contribution in [0.2, 0.25) is 0 Å². The average Bonchev–Trinajstić information content (AvgIpc) is 2.70. The minimum Gasteiger partial charge on any atom is -0.370 e. The maximum absolute atomic E-state index is 11.1. The van der Waals surface area contributed by atoms with Gasteiger partial charge in [-0.05, 0) is 55.7 Å². The van der Waals surface area contributed by atoms with Gasteiger partial charge in [0, 0.05) is 51.5 Å². The van der Waals surface area contributed by atoms with Crippen molar-refractivity contribution in [1.82, 2.24) is 10.6 Å². The van der Waals surface area contributed by atoms with E-state index in [1.165, 1.54) is 23.7 Å². The van der Waals surface area contributed by atoms with Crippen LogP contribution in [-0.2, 0) is 11.2 Å². The van der Waals surface area contributed by atoms with Crippen LogP contribution in [0.4, 0.5) is 11.4 Å². The van der Waals surface area contributed by atoms with E-state index in [4.69, 9.17) is 0 Å². The highest BCUT2D eigenvalue weighted by molar-refractivity contribution is 14.0. The predicted octanol–water partition coefficient (Wildman–Crippen LogP) is 3.81. The van der Waals surface area contributed by atoms with Crippen LogP contribution in [0.1, 0.15) is 25.0 Å². The molecule has 2 aromatic rings. The molecule has 6 nitrogen and oxygen atoms in total. The van der Waals surface area contributed by atoms with Crippen molar-refractivity contribution < 1.29 is 4.79 Å². The fourth-order valence-electron chi connectivity index (χ4n) is 3.11. The highest BCUT2D eigenvalue weighted by Gasteiger charge is 2.05. The van der Waals surface area contributed by atoms with E-state index in [-0.39, 0.29) is 29.9 Å². The smallest absolute Gasteiger partial charge is 0.221 e. The molecule has 0 saturated carbocycles. The van der Waals surface area contributed by atoms with E-state index in [9.17, 15) is 4.79 Å². The summed E-state index contributed by atoms with van der Waals surface area (Å²) in [7, 11) is 1.79. The van der Waals surface area contributed by atoms with Crippen molar-refractivity contribution in [3.05, 3.63) is 59.7 Å². The lowest BCUT2D eigenvalue weighted by Gasteiger charge is -2.24. The molecule has 164 valence electrons. The summed E-state index contributed by atoms with van der Waals surface area (Å²) < 4.78 is 0. The van der Waals surface area contributed by atoms with E-state index in [0.29, 0.717) is 0 Å². The lowest BCUT2D eigenvalue weighted by Crippen LogP contribution is -2.42. The number of anilines is 2. The van der Waals surface area contributed by atoms with Gasteiger partial charge in [-0.2, -0.15) is 0 Å². The molecule has 0 aliphatic heterocycles. The second kappa shape index (κ2) is 13.8. The van der Waals surface area contributed by atoms with Gasteiger partial charge in [0.15, 0.2) is 5.96 Å². The van der Waals surface area contributed by atoms with Crippen molar-refractivity contribution in [1.29, 1.82) is 0 Å². The van der Waals surface area contributed by atoms with Gasteiger partial charge < -0.3 is 20.9 Å². The number of nitrogens with one attached hydrogen (secondary N) is 3. The van der Waals surface area contributed by atoms with Crippen molar-refractivity contribution in [2.75, 3.05) is 43.4 Å². The number of nitrogens with zero attached hydrogens (tertiary/aromatic N) is 2. The van der Waals surface area contributed by atoms with E-state index >= 15 is 0 Å². The molecule has 0 heterocycles. The van der Waals surface area contributed by atoms with Crippen molar-refractivity contribution >= 4 is 47.2 Å². The standard InChI is InChI=1S/C23H33N5O.HI/c1-5-28(22-8-6-7-18(2)17-22)16-15-26-23(24-4)25-14-13-20-9-11-21(12-10-20)27-19(3)29;/h6-12,17H,5,13-16H2,1-4H3,(H,27,29)(H2,24,25,26);1H. The summed E-state index contributed by atoms with van der Waals surface area (Å²) in [6.07, 6.45) is 0.880. The van der Waals surface area contributed by atoms with Gasteiger partial charge in [0.1, 0.15) is 0 Å². The molecule has 0 spiro atoms. The molecule has 2 rings (SSSR count). The van der Waals surface area contributed by atoms with Crippen molar-refractivity contribution in [3.63, 3.8) is 0 Å². The summed E-state index contributed by atoms with van der Waals surface area (Å²) in [4.78, 5) is 17.7. The molecule has 3 N–H and O–H groups in total. The lowest BCUT2D eigenvalue weighted by atomic mass is 10.1. The summed E-state index contributed by atoms with van der Waals surface area (Å²) in [5, 5.41) is 9.52. The number of amides is 1. The zero-order valence-corrected chi connectivity index (χ0v) is 20.7. The molecule has 1 amide bonds. The Hall–Kier alpha value is -2.29. The van der Waals surface area contributed by atoms with Crippen LogP contribution in [0.3, 0.4) is 0 Å². The van der Waals surface area contributed by atoms with Crippen LogP contribution < -0.4 is 20.9 Å². The largest absolute Gasteiger partial charge is 0.370 e. The number of aliphatic imine (C=N–C) groups is 1. The quantitative estimate of drug-likeness (QED) is 0.266. The molecule has 2 aromatic carbocycles. The summed E-state index contributed by atoms with van der Waals surface area (Å²) in [5.74, 6) is 0.749. The van der Waals surface area contributed by atoms with Gasteiger partial charge in [-0.3, -0.25) is 9.79 Å². The Morgan fingerprint density at radius 2 is 1.77 bits per heavy atom. The van der Waals surface area contributed by atoms with Gasteiger partial charge in [-0.25, -0.2) is 0 Å². The van der Waals surface area contributed by atoms with Gasteiger partial charge >= 0.3 is 0 Å². The molecule has 0 aliphatic rings. The van der Waals surface area contributed by atoms with Gasteiger partial charge in [0.25, 0.3) is 0 Å². The predicted molar refractivity (Wildman–Crippen MR) is 138 cm³/mol. The number of carbonyl (C=O) groups excluding carboxylic acids is 1. The Labute approximate surface area is 197 Å². The van der Waals surface area contributed by atoms with E-state index in [2.05, 4.69) is 64.0 Å². The molecule has 30 heavy (non-hydrogen) atoms. The number of carbonyl (C=O) groups is 1. The number of aryl methyl sites for hydroxylation is 1. The molecule has 0 bridgehead atoms. The van der Waals surface area contributed by atoms with Crippen LogP contribution in [0, 0.1) is 6.92 Å². The molecule has 0 saturated heterocycles. The second-order valence-electron chi connectivity index (χ2n) is 6.97. The van der Waals surface area contributed by atoms with Gasteiger partial charge in [0.05, 0.1) is 0 Å². The topological polar surface area (TPSA) is 68.8 Å². The Morgan fingerprint density at radius 3 is 2.37 bits per heavy atom. The maximum Gasteiger partial charge on any atom is 0.221 e. The summed E-state index contributed by atoms with van der Waals surface area (Å²) >= 11 is 0. The average molecular weight is 523 g/mol. The third kappa shape index (κ3) is 9.02. The minimum absolute atomic E-state index is 0. The van der Waals surface area contributed by atoms with Crippen molar-refractivity contribution in [2.24, 2.45) is 4.99 Å². The number of halogens is 1. The summed E-state index contributed by atoms with van der Waals surface area (Å²) in [6.45, 7) is 9.27. The van der Waals surface area contributed by atoms with E-state index in [1.54, 1.807) is 7.05 Å². The third-order valence-electron chi connectivity index (χ3n) is 4.63. The van der Waals surface area contributed by atoms with E-state index in [0.717, 1.165) is 44.2 Å². The van der Waals surface area contributed by atoms with Crippen molar-refractivity contribution in [3.8, 4) is 0 Å². The molecule has 7 heteroatoms. The Balaban J connectivity index is 0.00000450. The fraction of sp³-hybridized carbons (Fsp3) is 0.391. The van der Waals surface area contributed by atoms with Crippen LogP contribution in [0.25, 0.3) is 0 Å². The maximum atomic E-state index is 11.1. The van der Waals surface area contributed by atoms with E-state index in [1.807, 2.05) is 24.3 Å². The normalized spacial score (nSPS) is 10.7. The highest BCUT2D eigenvalue weighted by atomic mass is 127. The third-order valence-corrected chi connectivity index (χ3v) is 4.63. The number of hydrogen-bond donors (Lipinski definition) is 3. The number of guanidine groups is 1. The Kier molecular flexibility index (Phi) is 11.9. The molecule has 0 aromatic heterocycles. The molecule has 0 atom stereocenters. The molecule has 0 unspecified atom stereocenters. The highest BCUT2D eigenvalue weighted by Crippen LogP contribution is 2.15. The van der Waals surface area contributed by atoms with E-state index < -0.39 is 0 Å². The van der Waals surface area contributed by atoms with Crippen LogP contribution in [-0.4, -0.2) is 45.1 Å². The molecular formula is C23H34IN5O. The first kappa shape index (κ1) is 25.7. The Morgan fingerprint density at radius 1 is 1.07 bits per heavy atom. The molecular weight excluding hydrogens is 489 g/mol.